The monoisotopic (exact) mass is 360 g/mol. The van der Waals surface area contributed by atoms with Crippen LogP contribution in [0.4, 0.5) is 10.5 Å². The molecule has 0 atom stereocenters. The molecule has 0 aliphatic carbocycles. The highest BCUT2D eigenvalue weighted by atomic mass is 16.2. The number of likely N-dealkylation sites (tertiary alicyclic amines) is 1. The summed E-state index contributed by atoms with van der Waals surface area (Å²) >= 11 is 0. The number of carbonyl (C=O) groups excluding carboxylic acids is 3. The minimum absolute atomic E-state index is 0.00651. The number of amides is 4. The second kappa shape index (κ2) is 9.79. The molecule has 2 N–H and O–H groups in total. The van der Waals surface area contributed by atoms with Crippen molar-refractivity contribution in [3.63, 3.8) is 0 Å². The molecule has 4 amide bonds. The molecule has 0 unspecified atom stereocenters. The molecule has 1 saturated heterocycles. The number of anilines is 1. The summed E-state index contributed by atoms with van der Waals surface area (Å²) in [6, 6.07) is 9.12. The third-order valence-electron chi connectivity index (χ3n) is 4.70. The van der Waals surface area contributed by atoms with Crippen LogP contribution in [0.5, 0.6) is 0 Å². The first-order valence-electron chi connectivity index (χ1n) is 9.21. The standard InChI is InChI=1S/C19H28N4O3/c1-3-22(4-2)17(24)14-20-19(26)23-12-10-15(11-13-23)18(25)21-16-8-6-5-7-9-16/h5-9,15H,3-4,10-14H2,1-2H3,(H,20,26)(H,21,25). The third-order valence-corrected chi connectivity index (χ3v) is 4.70. The van der Waals surface area contributed by atoms with Crippen molar-refractivity contribution in [3.05, 3.63) is 30.3 Å². The molecule has 1 aromatic carbocycles. The molecule has 0 aromatic heterocycles. The molecule has 0 radical (unpaired) electrons. The summed E-state index contributed by atoms with van der Waals surface area (Å²) < 4.78 is 0. The topological polar surface area (TPSA) is 81.8 Å². The fraction of sp³-hybridized carbons (Fsp3) is 0.526. The van der Waals surface area contributed by atoms with Crippen molar-refractivity contribution < 1.29 is 14.4 Å². The molecule has 1 aromatic rings. The molecule has 26 heavy (non-hydrogen) atoms. The quantitative estimate of drug-likeness (QED) is 0.813. The lowest BCUT2D eigenvalue weighted by molar-refractivity contribution is -0.129. The summed E-state index contributed by atoms with van der Waals surface area (Å²) in [5, 5.41) is 5.59. The Bertz CT molecular complexity index is 608. The van der Waals surface area contributed by atoms with Gasteiger partial charge in [-0.15, -0.1) is 0 Å². The van der Waals surface area contributed by atoms with Gasteiger partial charge in [0.25, 0.3) is 0 Å². The summed E-state index contributed by atoms with van der Waals surface area (Å²) in [6.07, 6.45) is 1.24. The fourth-order valence-electron chi connectivity index (χ4n) is 3.06. The third kappa shape index (κ3) is 5.47. The van der Waals surface area contributed by atoms with Crippen LogP contribution in [-0.2, 0) is 9.59 Å². The summed E-state index contributed by atoms with van der Waals surface area (Å²) in [6.45, 7) is 6.12. The number of carbonyl (C=O) groups is 3. The second-order valence-electron chi connectivity index (χ2n) is 6.34. The first kappa shape index (κ1) is 19.8. The Hall–Kier alpha value is -2.57. The van der Waals surface area contributed by atoms with Gasteiger partial charge in [0, 0.05) is 37.8 Å². The molecule has 0 spiro atoms. The number of benzene rings is 1. The van der Waals surface area contributed by atoms with Gasteiger partial charge in [-0.1, -0.05) is 18.2 Å². The van der Waals surface area contributed by atoms with Gasteiger partial charge < -0.3 is 20.4 Å². The smallest absolute Gasteiger partial charge is 0.317 e. The van der Waals surface area contributed by atoms with E-state index in [0.29, 0.717) is 39.0 Å². The zero-order valence-electron chi connectivity index (χ0n) is 15.5. The Morgan fingerprint density at radius 3 is 2.27 bits per heavy atom. The fourth-order valence-corrected chi connectivity index (χ4v) is 3.06. The van der Waals surface area contributed by atoms with Crippen LogP contribution >= 0.6 is 0 Å². The largest absolute Gasteiger partial charge is 0.342 e. The van der Waals surface area contributed by atoms with E-state index in [1.54, 1.807) is 9.80 Å². The van der Waals surface area contributed by atoms with Gasteiger partial charge in [-0.3, -0.25) is 9.59 Å². The van der Waals surface area contributed by atoms with E-state index in [0.717, 1.165) is 5.69 Å². The highest BCUT2D eigenvalue weighted by molar-refractivity contribution is 5.92. The number of nitrogens with one attached hydrogen (secondary N) is 2. The SMILES string of the molecule is CCN(CC)C(=O)CNC(=O)N1CCC(C(=O)Nc2ccccc2)CC1. The number of hydrogen-bond acceptors (Lipinski definition) is 3. The first-order valence-corrected chi connectivity index (χ1v) is 9.21. The van der Waals surface area contributed by atoms with Gasteiger partial charge in [-0.25, -0.2) is 4.79 Å². The first-order chi connectivity index (χ1) is 12.5. The predicted molar refractivity (Wildman–Crippen MR) is 101 cm³/mol. The minimum atomic E-state index is -0.243. The maximum absolute atomic E-state index is 12.3. The Labute approximate surface area is 154 Å². The summed E-state index contributed by atoms with van der Waals surface area (Å²) in [5.41, 5.74) is 0.785. The van der Waals surface area contributed by atoms with Crippen LogP contribution in [0.3, 0.4) is 0 Å². The van der Waals surface area contributed by atoms with Crippen LogP contribution in [0.25, 0.3) is 0 Å². The normalized spacial score (nSPS) is 14.6. The van der Waals surface area contributed by atoms with Crippen LogP contribution in [0.1, 0.15) is 26.7 Å². The van der Waals surface area contributed by atoms with Crippen LogP contribution in [0.2, 0.25) is 0 Å². The Kier molecular flexibility index (Phi) is 7.44. The number of hydrogen-bond donors (Lipinski definition) is 2. The Balaban J connectivity index is 1.74. The van der Waals surface area contributed by atoms with Crippen LogP contribution < -0.4 is 10.6 Å². The van der Waals surface area contributed by atoms with Gasteiger partial charge in [0.15, 0.2) is 0 Å². The number of urea groups is 1. The van der Waals surface area contributed by atoms with E-state index in [2.05, 4.69) is 10.6 Å². The molecular weight excluding hydrogens is 332 g/mol. The molecule has 2 rings (SSSR count). The lowest BCUT2D eigenvalue weighted by Crippen LogP contribution is -2.48. The second-order valence-corrected chi connectivity index (χ2v) is 6.34. The van der Waals surface area contributed by atoms with E-state index in [-0.39, 0.29) is 30.3 Å². The average molecular weight is 360 g/mol. The van der Waals surface area contributed by atoms with Gasteiger partial charge >= 0.3 is 6.03 Å². The number of piperidine rings is 1. The van der Waals surface area contributed by atoms with Crippen LogP contribution in [0, 0.1) is 5.92 Å². The van der Waals surface area contributed by atoms with E-state index >= 15 is 0 Å². The molecule has 7 nitrogen and oxygen atoms in total. The number of para-hydroxylation sites is 1. The Morgan fingerprint density at radius 2 is 1.69 bits per heavy atom. The molecule has 7 heteroatoms. The van der Waals surface area contributed by atoms with E-state index < -0.39 is 0 Å². The average Bonchev–Trinajstić information content (AvgIpc) is 2.68. The van der Waals surface area contributed by atoms with Crippen LogP contribution in [-0.4, -0.2) is 60.4 Å². The molecule has 0 saturated carbocycles. The van der Waals surface area contributed by atoms with Gasteiger partial charge in [0.2, 0.25) is 11.8 Å². The lowest BCUT2D eigenvalue weighted by atomic mass is 9.96. The van der Waals surface area contributed by atoms with Crippen molar-refractivity contribution in [1.29, 1.82) is 0 Å². The van der Waals surface area contributed by atoms with Gasteiger partial charge in [0.1, 0.15) is 0 Å². The van der Waals surface area contributed by atoms with E-state index in [9.17, 15) is 14.4 Å². The maximum atomic E-state index is 12.3. The van der Waals surface area contributed by atoms with Gasteiger partial charge in [0.05, 0.1) is 6.54 Å². The van der Waals surface area contributed by atoms with Gasteiger partial charge in [-0.2, -0.15) is 0 Å². The van der Waals surface area contributed by atoms with E-state index in [4.69, 9.17) is 0 Å². The molecule has 1 aliphatic heterocycles. The molecule has 1 heterocycles. The highest BCUT2D eigenvalue weighted by Crippen LogP contribution is 2.19. The molecule has 0 bridgehead atoms. The molecular formula is C19H28N4O3. The van der Waals surface area contributed by atoms with Crippen molar-refractivity contribution >= 4 is 23.5 Å². The number of rotatable bonds is 6. The van der Waals surface area contributed by atoms with Crippen molar-refractivity contribution in [2.75, 3.05) is 38.0 Å². The summed E-state index contributed by atoms with van der Waals surface area (Å²) in [5.74, 6) is -0.190. The minimum Gasteiger partial charge on any atom is -0.342 e. The van der Waals surface area contributed by atoms with Gasteiger partial charge in [-0.05, 0) is 38.8 Å². The van der Waals surface area contributed by atoms with Crippen molar-refractivity contribution in [2.45, 2.75) is 26.7 Å². The molecule has 1 aliphatic rings. The van der Waals surface area contributed by atoms with Crippen LogP contribution in [0.15, 0.2) is 30.3 Å². The van der Waals surface area contributed by atoms with Crippen molar-refractivity contribution in [3.8, 4) is 0 Å². The maximum Gasteiger partial charge on any atom is 0.317 e. The highest BCUT2D eigenvalue weighted by Gasteiger charge is 2.27. The zero-order valence-corrected chi connectivity index (χ0v) is 15.5. The lowest BCUT2D eigenvalue weighted by Gasteiger charge is -2.31. The number of nitrogens with zero attached hydrogens (tertiary/aromatic N) is 2. The number of likely N-dealkylation sites (N-methyl/N-ethyl adjacent to an activating group) is 1. The predicted octanol–water partition coefficient (Wildman–Crippen LogP) is 1.92. The molecule has 1 fully saturated rings. The van der Waals surface area contributed by atoms with E-state index in [1.165, 1.54) is 0 Å². The molecule has 142 valence electrons. The van der Waals surface area contributed by atoms with Crippen molar-refractivity contribution in [1.82, 2.24) is 15.1 Å². The van der Waals surface area contributed by atoms with Crippen molar-refractivity contribution in [2.24, 2.45) is 5.92 Å². The Morgan fingerprint density at radius 1 is 1.08 bits per heavy atom. The summed E-state index contributed by atoms with van der Waals surface area (Å²) in [4.78, 5) is 39.8. The van der Waals surface area contributed by atoms with E-state index in [1.807, 2.05) is 44.2 Å². The zero-order chi connectivity index (χ0) is 18.9. The summed E-state index contributed by atoms with van der Waals surface area (Å²) in [7, 11) is 0.